The summed E-state index contributed by atoms with van der Waals surface area (Å²) in [6, 6.07) is 8.43. The number of H-pyrrole nitrogens is 1. The van der Waals surface area contributed by atoms with E-state index in [0.717, 1.165) is 11.5 Å². The summed E-state index contributed by atoms with van der Waals surface area (Å²) in [5.74, 6) is -2.67. The van der Waals surface area contributed by atoms with Gasteiger partial charge in [-0.15, -0.1) is 0 Å². The van der Waals surface area contributed by atoms with Gasteiger partial charge >= 0.3 is 18.4 Å². The maximum atomic E-state index is 16.1. The lowest BCUT2D eigenvalue weighted by molar-refractivity contribution is -0.143. The van der Waals surface area contributed by atoms with Gasteiger partial charge in [-0.05, 0) is 49.6 Å². The highest BCUT2D eigenvalue weighted by Crippen LogP contribution is 2.46. The van der Waals surface area contributed by atoms with E-state index in [-0.39, 0.29) is 28.4 Å². The molecule has 222 valence electrons. The van der Waals surface area contributed by atoms with Crippen LogP contribution < -0.4 is 10.6 Å². The van der Waals surface area contributed by atoms with Gasteiger partial charge in [0.05, 0.1) is 27.7 Å². The fraction of sp³-hybridized carbons (Fsp3) is 0.276. The number of para-hydroxylation sites is 1. The molecule has 4 aromatic rings. The first kappa shape index (κ1) is 29.2. The molecule has 2 atom stereocenters. The Kier molecular flexibility index (Phi) is 6.90. The monoisotopic (exact) mass is 597 g/mol. The lowest BCUT2D eigenvalue weighted by atomic mass is 9.77. The molecule has 2 heterocycles. The van der Waals surface area contributed by atoms with Crippen LogP contribution in [0.5, 0.6) is 0 Å². The lowest BCUT2D eigenvalue weighted by Gasteiger charge is -2.44. The number of aromatic nitrogens is 1. The van der Waals surface area contributed by atoms with Crippen LogP contribution in [0, 0.1) is 11.6 Å². The third-order valence-corrected chi connectivity index (χ3v) is 7.26. The van der Waals surface area contributed by atoms with Crippen LogP contribution in [0.4, 0.5) is 51.3 Å². The number of nitrogens with one attached hydrogen (secondary N) is 3. The normalized spacial score (nSPS) is 18.4. The summed E-state index contributed by atoms with van der Waals surface area (Å²) in [5.41, 5.74) is -4.66. The zero-order chi connectivity index (χ0) is 30.8. The average molecular weight is 598 g/mol. The van der Waals surface area contributed by atoms with E-state index in [9.17, 15) is 31.1 Å². The Morgan fingerprint density at radius 3 is 2.21 bits per heavy atom. The Bertz CT molecular complexity index is 1660. The standard InChI is InChI=1S/C29H23F8N3O2/c1-13-21-20(12-19(30)22(23(21)31)18-6-4-5-14-7-8-38-24(14)18)40-27(2,3)25(13)42-26(41)39-17-10-15(28(32,33)34)9-16(11-17)29(35,36)37/h4-13,25,38,40H,1-3H3,(H,39,41)/t13-,25+/m1/s1. The smallest absolute Gasteiger partial charge is 0.416 e. The van der Waals surface area contributed by atoms with E-state index < -0.39 is 64.5 Å². The first-order valence-electron chi connectivity index (χ1n) is 12.6. The van der Waals surface area contributed by atoms with Gasteiger partial charge in [0.25, 0.3) is 0 Å². The van der Waals surface area contributed by atoms with Crippen molar-refractivity contribution < 1.29 is 44.7 Å². The number of fused-ring (bicyclic) bond motifs is 2. The number of amides is 1. The van der Waals surface area contributed by atoms with Crippen molar-refractivity contribution in [2.45, 2.75) is 50.7 Å². The van der Waals surface area contributed by atoms with E-state index in [1.807, 2.05) is 5.32 Å². The molecule has 1 aliphatic heterocycles. The largest absolute Gasteiger partial charge is 0.443 e. The highest BCUT2D eigenvalue weighted by Gasteiger charge is 2.45. The molecule has 0 saturated carbocycles. The van der Waals surface area contributed by atoms with Crippen LogP contribution in [-0.2, 0) is 17.1 Å². The average Bonchev–Trinajstić information content (AvgIpc) is 3.34. The van der Waals surface area contributed by atoms with Crippen molar-refractivity contribution in [3.8, 4) is 11.1 Å². The van der Waals surface area contributed by atoms with Gasteiger partial charge in [0, 0.05) is 34.6 Å². The maximum Gasteiger partial charge on any atom is 0.416 e. The van der Waals surface area contributed by atoms with Crippen molar-refractivity contribution in [3.63, 3.8) is 0 Å². The Labute approximate surface area is 233 Å². The van der Waals surface area contributed by atoms with Crippen LogP contribution >= 0.6 is 0 Å². The molecule has 0 radical (unpaired) electrons. The second-order valence-electron chi connectivity index (χ2n) is 10.6. The number of benzene rings is 3. The van der Waals surface area contributed by atoms with E-state index in [1.54, 1.807) is 44.3 Å². The van der Waals surface area contributed by atoms with Gasteiger partial charge in [0.1, 0.15) is 17.7 Å². The number of anilines is 2. The Balaban J connectivity index is 1.49. The highest BCUT2D eigenvalue weighted by atomic mass is 19.4. The van der Waals surface area contributed by atoms with Crippen LogP contribution in [0.15, 0.2) is 54.7 Å². The number of hydrogen-bond acceptors (Lipinski definition) is 3. The molecule has 3 aromatic carbocycles. The molecule has 0 fully saturated rings. The molecule has 5 rings (SSSR count). The van der Waals surface area contributed by atoms with Crippen molar-refractivity contribution in [1.82, 2.24) is 4.98 Å². The first-order valence-corrected chi connectivity index (χ1v) is 12.6. The van der Waals surface area contributed by atoms with Crippen LogP contribution in [0.25, 0.3) is 22.0 Å². The second-order valence-corrected chi connectivity index (χ2v) is 10.6. The fourth-order valence-electron chi connectivity index (χ4n) is 5.46. The SMILES string of the molecule is C[C@@H]1c2c(cc(F)c(-c3cccc4cc[nH]c34)c2F)NC(C)(C)[C@H]1OC(=O)Nc1cc(C(F)(F)F)cc(C(F)(F)F)c1. The van der Waals surface area contributed by atoms with Gasteiger partial charge < -0.3 is 15.0 Å². The molecule has 0 unspecified atom stereocenters. The molecule has 0 spiro atoms. The number of hydrogen-bond donors (Lipinski definition) is 3. The van der Waals surface area contributed by atoms with Crippen LogP contribution in [-0.4, -0.2) is 22.7 Å². The van der Waals surface area contributed by atoms with E-state index in [0.29, 0.717) is 17.6 Å². The van der Waals surface area contributed by atoms with Gasteiger partial charge in [-0.2, -0.15) is 26.3 Å². The van der Waals surface area contributed by atoms with Crippen LogP contribution in [0.3, 0.4) is 0 Å². The summed E-state index contributed by atoms with van der Waals surface area (Å²) in [6.07, 6.45) is -11.2. The number of ether oxygens (including phenoxy) is 1. The zero-order valence-corrected chi connectivity index (χ0v) is 22.2. The summed E-state index contributed by atoms with van der Waals surface area (Å²) >= 11 is 0. The second kappa shape index (κ2) is 9.92. The molecule has 42 heavy (non-hydrogen) atoms. The van der Waals surface area contributed by atoms with Crippen molar-refractivity contribution >= 4 is 28.4 Å². The van der Waals surface area contributed by atoms with Gasteiger partial charge in [-0.1, -0.05) is 25.1 Å². The Morgan fingerprint density at radius 2 is 1.60 bits per heavy atom. The van der Waals surface area contributed by atoms with Crippen LogP contribution in [0.1, 0.15) is 43.4 Å². The molecule has 1 aliphatic rings. The molecule has 0 saturated heterocycles. The summed E-state index contributed by atoms with van der Waals surface area (Å²) < 4.78 is 116. The van der Waals surface area contributed by atoms with E-state index in [4.69, 9.17) is 4.74 Å². The fourth-order valence-corrected chi connectivity index (χ4v) is 5.46. The van der Waals surface area contributed by atoms with Gasteiger partial charge in [-0.25, -0.2) is 13.6 Å². The van der Waals surface area contributed by atoms with E-state index in [2.05, 4.69) is 10.3 Å². The minimum absolute atomic E-state index is 0.00879. The summed E-state index contributed by atoms with van der Waals surface area (Å²) in [4.78, 5) is 15.8. The zero-order valence-electron chi connectivity index (χ0n) is 22.2. The highest BCUT2D eigenvalue weighted by molar-refractivity contribution is 5.95. The molecule has 0 bridgehead atoms. The predicted molar refractivity (Wildman–Crippen MR) is 140 cm³/mol. The summed E-state index contributed by atoms with van der Waals surface area (Å²) in [7, 11) is 0. The van der Waals surface area contributed by atoms with Crippen LogP contribution in [0.2, 0.25) is 0 Å². The number of alkyl halides is 6. The van der Waals surface area contributed by atoms with Crippen molar-refractivity contribution in [3.05, 3.63) is 83.1 Å². The molecular formula is C29H23F8N3O2. The van der Waals surface area contributed by atoms with Crippen molar-refractivity contribution in [2.24, 2.45) is 0 Å². The maximum absolute atomic E-state index is 16.1. The third-order valence-electron chi connectivity index (χ3n) is 7.26. The minimum Gasteiger partial charge on any atom is -0.443 e. The quantitative estimate of drug-likeness (QED) is 0.207. The Morgan fingerprint density at radius 1 is 0.952 bits per heavy atom. The van der Waals surface area contributed by atoms with E-state index in [1.165, 1.54) is 6.92 Å². The number of rotatable bonds is 3. The molecular weight excluding hydrogens is 574 g/mol. The summed E-state index contributed by atoms with van der Waals surface area (Å²) in [5, 5.41) is 5.59. The molecule has 0 aliphatic carbocycles. The van der Waals surface area contributed by atoms with Gasteiger partial charge in [0.2, 0.25) is 0 Å². The number of carbonyl (C=O) groups excluding carboxylic acids is 1. The molecule has 5 nitrogen and oxygen atoms in total. The summed E-state index contributed by atoms with van der Waals surface area (Å²) in [6.45, 7) is 4.66. The third kappa shape index (κ3) is 5.23. The van der Waals surface area contributed by atoms with Crippen molar-refractivity contribution in [2.75, 3.05) is 10.6 Å². The molecule has 1 aromatic heterocycles. The van der Waals surface area contributed by atoms with Gasteiger partial charge in [-0.3, -0.25) is 5.32 Å². The minimum atomic E-state index is -5.12. The van der Waals surface area contributed by atoms with Gasteiger partial charge in [0.15, 0.2) is 0 Å². The van der Waals surface area contributed by atoms with E-state index >= 15 is 8.78 Å². The topological polar surface area (TPSA) is 66.1 Å². The Hall–Kier alpha value is -4.29. The molecule has 3 N–H and O–H groups in total. The number of carbonyl (C=O) groups is 1. The first-order chi connectivity index (χ1) is 19.5. The number of aromatic amines is 1. The molecule has 13 heteroatoms. The number of halogens is 8. The van der Waals surface area contributed by atoms with Crippen molar-refractivity contribution in [1.29, 1.82) is 0 Å². The lowest BCUT2D eigenvalue weighted by Crippen LogP contribution is -2.52. The predicted octanol–water partition coefficient (Wildman–Crippen LogP) is 9.08. The molecule has 1 amide bonds.